The number of aromatic nitrogens is 2. The third-order valence-corrected chi connectivity index (χ3v) is 4.52. The first-order valence-electron chi connectivity index (χ1n) is 6.45. The maximum Gasteiger partial charge on any atom is 0.236 e. The molecule has 5 heteroatoms. The molecule has 1 atom stereocenters. The Hall–Kier alpha value is -0.810. The Labute approximate surface area is 113 Å². The zero-order valence-corrected chi connectivity index (χ0v) is 11.9. The lowest BCUT2D eigenvalue weighted by molar-refractivity contribution is 0.348. The molecular weight excluding hydrogens is 246 g/mol. The molecule has 0 aromatic carbocycles. The molecule has 0 saturated carbocycles. The van der Waals surface area contributed by atoms with Crippen LogP contribution in [-0.4, -0.2) is 35.6 Å². The standard InChI is InChI=1S/C13H21N3OS/c1-14-11(9-10-3-7-18-8-4-10)12-13(17-2)16-6-5-15-12/h5-6,10-11,14H,3-4,7-9H2,1-2H3. The van der Waals surface area contributed by atoms with E-state index in [9.17, 15) is 0 Å². The second-order valence-electron chi connectivity index (χ2n) is 4.58. The number of hydrogen-bond donors (Lipinski definition) is 1. The number of nitrogens with zero attached hydrogens (tertiary/aromatic N) is 2. The highest BCUT2D eigenvalue weighted by Crippen LogP contribution is 2.32. The van der Waals surface area contributed by atoms with E-state index in [4.69, 9.17) is 4.74 Å². The highest BCUT2D eigenvalue weighted by atomic mass is 32.2. The molecule has 1 aliphatic rings. The first-order chi connectivity index (χ1) is 8.85. The lowest BCUT2D eigenvalue weighted by Crippen LogP contribution is -2.23. The van der Waals surface area contributed by atoms with Crippen LogP contribution in [-0.2, 0) is 0 Å². The summed E-state index contributed by atoms with van der Waals surface area (Å²) in [4.78, 5) is 8.66. The fourth-order valence-electron chi connectivity index (χ4n) is 2.41. The summed E-state index contributed by atoms with van der Waals surface area (Å²) in [5.41, 5.74) is 0.931. The quantitative estimate of drug-likeness (QED) is 0.887. The van der Waals surface area contributed by atoms with Crippen molar-refractivity contribution < 1.29 is 4.74 Å². The monoisotopic (exact) mass is 267 g/mol. The van der Waals surface area contributed by atoms with Gasteiger partial charge in [-0.3, -0.25) is 4.98 Å². The molecule has 1 aromatic heterocycles. The van der Waals surface area contributed by atoms with Crippen LogP contribution in [0.3, 0.4) is 0 Å². The molecule has 0 spiro atoms. The van der Waals surface area contributed by atoms with Crippen molar-refractivity contribution in [2.45, 2.75) is 25.3 Å². The Morgan fingerprint density at radius 3 is 2.78 bits per heavy atom. The summed E-state index contributed by atoms with van der Waals surface area (Å²) in [6, 6.07) is 0.238. The van der Waals surface area contributed by atoms with Crippen molar-refractivity contribution in [3.05, 3.63) is 18.1 Å². The van der Waals surface area contributed by atoms with Gasteiger partial charge in [0.25, 0.3) is 0 Å². The van der Waals surface area contributed by atoms with E-state index < -0.39 is 0 Å². The van der Waals surface area contributed by atoms with E-state index in [0.29, 0.717) is 5.88 Å². The van der Waals surface area contributed by atoms with Gasteiger partial charge in [0, 0.05) is 12.4 Å². The van der Waals surface area contributed by atoms with Gasteiger partial charge < -0.3 is 10.1 Å². The number of methoxy groups -OCH3 is 1. The molecule has 1 aromatic rings. The fourth-order valence-corrected chi connectivity index (χ4v) is 3.62. The van der Waals surface area contributed by atoms with Gasteiger partial charge in [0.05, 0.1) is 13.2 Å². The van der Waals surface area contributed by atoms with Crippen LogP contribution in [0.2, 0.25) is 0 Å². The normalized spacial score (nSPS) is 18.6. The molecule has 0 amide bonds. The summed E-state index contributed by atoms with van der Waals surface area (Å²) in [7, 11) is 3.63. The molecule has 18 heavy (non-hydrogen) atoms. The summed E-state index contributed by atoms with van der Waals surface area (Å²) in [6.45, 7) is 0. The predicted molar refractivity (Wildman–Crippen MR) is 75.1 cm³/mol. The van der Waals surface area contributed by atoms with Crippen molar-refractivity contribution in [1.82, 2.24) is 15.3 Å². The lowest BCUT2D eigenvalue weighted by atomic mass is 9.93. The first-order valence-corrected chi connectivity index (χ1v) is 7.60. The van der Waals surface area contributed by atoms with Gasteiger partial charge in [-0.25, -0.2) is 4.98 Å². The van der Waals surface area contributed by atoms with Gasteiger partial charge in [-0.1, -0.05) is 0 Å². The third kappa shape index (κ3) is 3.36. The van der Waals surface area contributed by atoms with Crippen LogP contribution in [0, 0.1) is 5.92 Å². The topological polar surface area (TPSA) is 47.0 Å². The molecule has 2 heterocycles. The van der Waals surface area contributed by atoms with Crippen molar-refractivity contribution in [2.75, 3.05) is 25.7 Å². The fraction of sp³-hybridized carbons (Fsp3) is 0.692. The van der Waals surface area contributed by atoms with Crippen LogP contribution in [0.15, 0.2) is 12.4 Å². The number of ether oxygens (including phenoxy) is 1. The smallest absolute Gasteiger partial charge is 0.236 e. The molecule has 4 nitrogen and oxygen atoms in total. The predicted octanol–water partition coefficient (Wildman–Crippen LogP) is 2.28. The second-order valence-corrected chi connectivity index (χ2v) is 5.81. The van der Waals surface area contributed by atoms with Crippen LogP contribution < -0.4 is 10.1 Å². The highest BCUT2D eigenvalue weighted by Gasteiger charge is 2.23. The average molecular weight is 267 g/mol. The minimum atomic E-state index is 0.238. The summed E-state index contributed by atoms with van der Waals surface area (Å²) >= 11 is 2.06. The van der Waals surface area contributed by atoms with Gasteiger partial charge in [-0.2, -0.15) is 11.8 Å². The van der Waals surface area contributed by atoms with Crippen LogP contribution in [0.4, 0.5) is 0 Å². The van der Waals surface area contributed by atoms with E-state index >= 15 is 0 Å². The van der Waals surface area contributed by atoms with Crippen molar-refractivity contribution in [3.8, 4) is 5.88 Å². The summed E-state index contributed by atoms with van der Waals surface area (Å²) in [6.07, 6.45) is 7.15. The number of thioether (sulfide) groups is 1. The molecule has 2 rings (SSSR count). The molecule has 0 bridgehead atoms. The maximum atomic E-state index is 5.30. The summed E-state index contributed by atoms with van der Waals surface area (Å²) in [5.74, 6) is 4.01. The number of nitrogens with one attached hydrogen (secondary N) is 1. The number of hydrogen-bond acceptors (Lipinski definition) is 5. The molecule has 1 unspecified atom stereocenters. The van der Waals surface area contributed by atoms with Gasteiger partial charge in [0.2, 0.25) is 5.88 Å². The molecule has 0 aliphatic carbocycles. The minimum Gasteiger partial charge on any atom is -0.480 e. The third-order valence-electron chi connectivity index (χ3n) is 3.47. The van der Waals surface area contributed by atoms with E-state index in [1.165, 1.54) is 24.3 Å². The molecule has 0 radical (unpaired) electrons. The number of rotatable bonds is 5. The molecule has 100 valence electrons. The van der Waals surface area contributed by atoms with Gasteiger partial charge in [-0.15, -0.1) is 0 Å². The van der Waals surface area contributed by atoms with E-state index in [1.807, 2.05) is 7.05 Å². The molecule has 1 fully saturated rings. The van der Waals surface area contributed by atoms with Crippen molar-refractivity contribution in [1.29, 1.82) is 0 Å². The van der Waals surface area contributed by atoms with Crippen LogP contribution in [0.1, 0.15) is 31.0 Å². The molecule has 1 saturated heterocycles. The van der Waals surface area contributed by atoms with Gasteiger partial charge in [0.15, 0.2) is 0 Å². The van der Waals surface area contributed by atoms with E-state index in [0.717, 1.165) is 18.0 Å². The molecule has 1 aliphatic heterocycles. The average Bonchev–Trinajstić information content (AvgIpc) is 2.46. The summed E-state index contributed by atoms with van der Waals surface area (Å²) in [5, 5.41) is 3.35. The Bertz CT molecular complexity index is 369. The Morgan fingerprint density at radius 2 is 2.11 bits per heavy atom. The highest BCUT2D eigenvalue weighted by molar-refractivity contribution is 7.99. The zero-order chi connectivity index (χ0) is 12.8. The van der Waals surface area contributed by atoms with Crippen molar-refractivity contribution in [2.24, 2.45) is 5.92 Å². The van der Waals surface area contributed by atoms with Crippen molar-refractivity contribution >= 4 is 11.8 Å². The van der Waals surface area contributed by atoms with Gasteiger partial charge in [0.1, 0.15) is 5.69 Å². The Morgan fingerprint density at radius 1 is 1.39 bits per heavy atom. The molecular formula is C13H21N3OS. The Balaban J connectivity index is 2.07. The van der Waals surface area contributed by atoms with Crippen LogP contribution in [0.5, 0.6) is 5.88 Å². The second kappa shape index (κ2) is 6.95. The minimum absolute atomic E-state index is 0.238. The molecule has 1 N–H and O–H groups in total. The Kier molecular flexibility index (Phi) is 5.26. The van der Waals surface area contributed by atoms with E-state index in [1.54, 1.807) is 19.5 Å². The van der Waals surface area contributed by atoms with E-state index in [-0.39, 0.29) is 6.04 Å². The van der Waals surface area contributed by atoms with Crippen molar-refractivity contribution in [3.63, 3.8) is 0 Å². The van der Waals surface area contributed by atoms with Crippen LogP contribution in [0.25, 0.3) is 0 Å². The largest absolute Gasteiger partial charge is 0.480 e. The lowest BCUT2D eigenvalue weighted by Gasteiger charge is -2.26. The van der Waals surface area contributed by atoms with Gasteiger partial charge >= 0.3 is 0 Å². The van der Waals surface area contributed by atoms with Crippen LogP contribution >= 0.6 is 11.8 Å². The first kappa shape index (κ1) is 13.6. The van der Waals surface area contributed by atoms with E-state index in [2.05, 4.69) is 27.0 Å². The summed E-state index contributed by atoms with van der Waals surface area (Å²) < 4.78 is 5.30. The SMILES string of the molecule is CNC(CC1CCSCC1)c1nccnc1OC. The maximum absolute atomic E-state index is 5.30. The van der Waals surface area contributed by atoms with Gasteiger partial charge in [-0.05, 0) is 43.7 Å². The zero-order valence-electron chi connectivity index (χ0n) is 11.1.